The molecule has 1 aliphatic heterocycles. The summed E-state index contributed by atoms with van der Waals surface area (Å²) in [6.07, 6.45) is 7.13. The van der Waals surface area contributed by atoms with E-state index in [1.165, 1.54) is 19.1 Å². The van der Waals surface area contributed by atoms with Gasteiger partial charge in [0.25, 0.3) is 0 Å². The number of phenolic OH excluding ortho intramolecular Hbond substituents is 1. The molecule has 1 heterocycles. The summed E-state index contributed by atoms with van der Waals surface area (Å²) in [4.78, 5) is 35.0. The van der Waals surface area contributed by atoms with Crippen molar-refractivity contribution in [2.75, 3.05) is 6.54 Å². The van der Waals surface area contributed by atoms with Gasteiger partial charge in [-0.05, 0) is 49.6 Å². The molecule has 0 aliphatic carbocycles. The molecule has 1 fully saturated rings. The Morgan fingerprint density at radius 3 is 2.84 bits per heavy atom. The minimum atomic E-state index is -0.404. The van der Waals surface area contributed by atoms with Crippen molar-refractivity contribution in [3.63, 3.8) is 0 Å². The summed E-state index contributed by atoms with van der Waals surface area (Å²) in [6.45, 7) is 2.07. The zero-order chi connectivity index (χ0) is 18.2. The first-order valence-corrected chi connectivity index (χ1v) is 8.18. The van der Waals surface area contributed by atoms with Gasteiger partial charge in [-0.15, -0.1) is 0 Å². The fraction of sp³-hybridized carbons (Fsp3) is 0.316. The molecule has 0 bridgehead atoms. The van der Waals surface area contributed by atoms with E-state index in [1.807, 2.05) is 0 Å². The molecule has 2 rings (SSSR count). The average molecular weight is 342 g/mol. The molecule has 0 unspecified atom stereocenters. The van der Waals surface area contributed by atoms with Gasteiger partial charge >= 0.3 is 0 Å². The maximum atomic E-state index is 12.1. The largest absolute Gasteiger partial charge is 0.508 e. The van der Waals surface area contributed by atoms with E-state index >= 15 is 0 Å². The quantitative estimate of drug-likeness (QED) is 0.655. The van der Waals surface area contributed by atoms with Crippen LogP contribution in [0.5, 0.6) is 5.75 Å². The molecule has 1 aromatic carbocycles. The minimum absolute atomic E-state index is 0.0224. The molecule has 6 nitrogen and oxygen atoms in total. The number of nitrogens with one attached hydrogen (secondary N) is 2. The Morgan fingerprint density at radius 2 is 2.20 bits per heavy atom. The summed E-state index contributed by atoms with van der Waals surface area (Å²) < 4.78 is 0. The summed E-state index contributed by atoms with van der Waals surface area (Å²) in [5.74, 6) is -0.523. The Balaban J connectivity index is 2.00. The maximum absolute atomic E-state index is 12.1. The van der Waals surface area contributed by atoms with Gasteiger partial charge < -0.3 is 15.7 Å². The third-order valence-corrected chi connectivity index (χ3v) is 3.89. The highest BCUT2D eigenvalue weighted by atomic mass is 16.3. The van der Waals surface area contributed by atoms with Crippen LogP contribution in [-0.4, -0.2) is 35.3 Å². The topological polar surface area (TPSA) is 95.5 Å². The summed E-state index contributed by atoms with van der Waals surface area (Å²) in [5, 5.41) is 15.0. The van der Waals surface area contributed by atoms with E-state index in [0.717, 1.165) is 6.42 Å². The molecule has 132 valence electrons. The average Bonchev–Trinajstić information content (AvgIpc) is 2.96. The molecule has 1 aromatic rings. The van der Waals surface area contributed by atoms with Crippen molar-refractivity contribution >= 4 is 23.7 Å². The highest BCUT2D eigenvalue weighted by molar-refractivity contribution is 5.92. The first-order valence-electron chi connectivity index (χ1n) is 8.18. The molecule has 2 atom stereocenters. The van der Waals surface area contributed by atoms with Crippen LogP contribution in [0.25, 0.3) is 6.08 Å². The van der Waals surface area contributed by atoms with Gasteiger partial charge in [0.2, 0.25) is 11.8 Å². The van der Waals surface area contributed by atoms with E-state index in [2.05, 4.69) is 10.6 Å². The molecule has 1 aliphatic rings. The van der Waals surface area contributed by atoms with Gasteiger partial charge in [0.05, 0.1) is 0 Å². The van der Waals surface area contributed by atoms with Gasteiger partial charge in [-0.25, -0.2) is 0 Å². The predicted molar refractivity (Wildman–Crippen MR) is 94.6 cm³/mol. The van der Waals surface area contributed by atoms with Crippen molar-refractivity contribution in [3.05, 3.63) is 48.1 Å². The van der Waals surface area contributed by atoms with Crippen molar-refractivity contribution in [2.45, 2.75) is 25.8 Å². The number of carbonyl (C=O) groups excluding carboxylic acids is 3. The van der Waals surface area contributed by atoms with Gasteiger partial charge in [-0.1, -0.05) is 18.2 Å². The second kappa shape index (κ2) is 8.82. The van der Waals surface area contributed by atoms with Crippen molar-refractivity contribution in [1.82, 2.24) is 10.6 Å². The highest BCUT2D eigenvalue weighted by Crippen LogP contribution is 2.17. The third kappa shape index (κ3) is 6.25. The van der Waals surface area contributed by atoms with Crippen LogP contribution < -0.4 is 10.6 Å². The fourth-order valence-corrected chi connectivity index (χ4v) is 2.64. The Labute approximate surface area is 146 Å². The zero-order valence-corrected chi connectivity index (χ0v) is 14.1. The minimum Gasteiger partial charge on any atom is -0.508 e. The molecule has 25 heavy (non-hydrogen) atoms. The number of hydrogen-bond donors (Lipinski definition) is 3. The van der Waals surface area contributed by atoms with Crippen LogP contribution in [0.1, 0.15) is 25.3 Å². The van der Waals surface area contributed by atoms with Gasteiger partial charge in [0.15, 0.2) is 5.78 Å². The summed E-state index contributed by atoms with van der Waals surface area (Å²) in [5.41, 5.74) is 0.696. The van der Waals surface area contributed by atoms with Gasteiger partial charge in [0.1, 0.15) is 5.75 Å². The van der Waals surface area contributed by atoms with Crippen LogP contribution >= 0.6 is 0 Å². The van der Waals surface area contributed by atoms with Gasteiger partial charge in [-0.3, -0.25) is 14.4 Å². The third-order valence-electron chi connectivity index (χ3n) is 3.89. The molecule has 0 saturated carbocycles. The zero-order valence-electron chi connectivity index (χ0n) is 14.1. The maximum Gasteiger partial charge on any atom is 0.244 e. The first-order chi connectivity index (χ1) is 11.9. The molecule has 6 heteroatoms. The van der Waals surface area contributed by atoms with Crippen LogP contribution in [0, 0.1) is 5.92 Å². The molecule has 1 saturated heterocycles. The van der Waals surface area contributed by atoms with Crippen LogP contribution in [0.3, 0.4) is 0 Å². The van der Waals surface area contributed by atoms with E-state index in [-0.39, 0.29) is 29.3 Å². The lowest BCUT2D eigenvalue weighted by molar-refractivity contribution is -0.123. The van der Waals surface area contributed by atoms with E-state index in [4.69, 9.17) is 0 Å². The Morgan fingerprint density at radius 1 is 1.40 bits per heavy atom. The van der Waals surface area contributed by atoms with E-state index < -0.39 is 6.04 Å². The lowest BCUT2D eigenvalue weighted by Crippen LogP contribution is -2.35. The number of benzene rings is 1. The number of phenols is 1. The molecule has 3 N–H and O–H groups in total. The number of ketones is 1. The number of allylic oxidation sites excluding steroid dienone is 1. The van der Waals surface area contributed by atoms with Crippen molar-refractivity contribution < 1.29 is 19.5 Å². The van der Waals surface area contributed by atoms with E-state index in [1.54, 1.807) is 36.4 Å². The smallest absolute Gasteiger partial charge is 0.244 e. The summed E-state index contributed by atoms with van der Waals surface area (Å²) >= 11 is 0. The second-order valence-electron chi connectivity index (χ2n) is 6.03. The molecule has 2 amide bonds. The highest BCUT2D eigenvalue weighted by Gasteiger charge is 2.26. The van der Waals surface area contributed by atoms with Crippen LogP contribution in [0.15, 0.2) is 42.5 Å². The van der Waals surface area contributed by atoms with Crippen LogP contribution in [-0.2, 0) is 14.4 Å². The monoisotopic (exact) mass is 342 g/mol. The van der Waals surface area contributed by atoms with Crippen LogP contribution in [0.4, 0.5) is 0 Å². The fourth-order valence-electron chi connectivity index (χ4n) is 2.64. The first kappa shape index (κ1) is 18.4. The van der Waals surface area contributed by atoms with Gasteiger partial charge in [0, 0.05) is 24.6 Å². The number of carbonyl (C=O) groups is 3. The van der Waals surface area contributed by atoms with E-state index in [0.29, 0.717) is 18.5 Å². The van der Waals surface area contributed by atoms with Gasteiger partial charge in [-0.2, -0.15) is 0 Å². The molecular weight excluding hydrogens is 320 g/mol. The van der Waals surface area contributed by atoms with Crippen molar-refractivity contribution in [3.8, 4) is 5.75 Å². The lowest BCUT2D eigenvalue weighted by atomic mass is 9.97. The molecular formula is C19H22N2O4. The molecule has 0 spiro atoms. The Kier molecular flexibility index (Phi) is 6.51. The number of aromatic hydroxyl groups is 1. The summed E-state index contributed by atoms with van der Waals surface area (Å²) in [7, 11) is 0. The number of hydrogen-bond acceptors (Lipinski definition) is 4. The Bertz CT molecular complexity index is 709. The summed E-state index contributed by atoms with van der Waals surface area (Å²) in [6, 6.07) is 6.13. The molecule has 0 aromatic heterocycles. The number of amides is 2. The van der Waals surface area contributed by atoms with Crippen molar-refractivity contribution in [1.29, 1.82) is 0 Å². The normalized spacial score (nSPS) is 18.4. The predicted octanol–water partition coefficient (Wildman–Crippen LogP) is 1.56. The standard InChI is InChI=1S/C19H22N2O4/c1-13(22)5-7-16(12-15-9-10-20-19(15)25)21-18(24)8-6-14-3-2-4-17(23)11-14/h2-8,11,15-16,23H,9-10,12H2,1H3,(H,20,25)(H,21,24)/b7-5+,8-6+/t15-,16+/m0/s1. The van der Waals surface area contributed by atoms with E-state index in [9.17, 15) is 19.5 Å². The SMILES string of the molecule is CC(=O)/C=C/[C@H](C[C@@H]1CCNC1=O)NC(=O)/C=C/c1cccc(O)c1. The van der Waals surface area contributed by atoms with Crippen LogP contribution in [0.2, 0.25) is 0 Å². The number of rotatable bonds is 7. The lowest BCUT2D eigenvalue weighted by Gasteiger charge is -2.16. The molecule has 0 radical (unpaired) electrons. The van der Waals surface area contributed by atoms with Crippen molar-refractivity contribution in [2.24, 2.45) is 5.92 Å². The second-order valence-corrected chi connectivity index (χ2v) is 6.03. The Hall–Kier alpha value is -2.89.